The molecule has 1 N–H and O–H groups in total. The number of nitrogens with zero attached hydrogens (tertiary/aromatic N) is 3. The minimum absolute atomic E-state index is 0.0163. The van der Waals surface area contributed by atoms with Crippen molar-refractivity contribution < 1.29 is 36.2 Å². The highest BCUT2D eigenvalue weighted by molar-refractivity contribution is 6.76. The molecule has 1 aromatic carbocycles. The van der Waals surface area contributed by atoms with Gasteiger partial charge in [0.15, 0.2) is 17.4 Å². The van der Waals surface area contributed by atoms with Crippen molar-refractivity contribution in [1.82, 2.24) is 9.55 Å². The van der Waals surface area contributed by atoms with Crippen molar-refractivity contribution in [2.75, 3.05) is 25.1 Å². The number of anilines is 1. The topological polar surface area (TPSA) is 69.9 Å². The van der Waals surface area contributed by atoms with Crippen LogP contribution in [0.4, 0.5) is 27.6 Å². The van der Waals surface area contributed by atoms with Crippen LogP contribution < -0.4 is 10.1 Å². The summed E-state index contributed by atoms with van der Waals surface area (Å²) in [7, 11) is -1.38. The fraction of sp³-hybridized carbons (Fsp3) is 0.517. The summed E-state index contributed by atoms with van der Waals surface area (Å²) in [5.74, 6) is -2.98. The van der Waals surface area contributed by atoms with Crippen LogP contribution in [-0.4, -0.2) is 49.6 Å². The summed E-state index contributed by atoms with van der Waals surface area (Å²) in [5.41, 5.74) is -2.06. The number of alkyl halides is 3. The summed E-state index contributed by atoms with van der Waals surface area (Å²) in [6.45, 7) is 11.9. The second-order valence-electron chi connectivity index (χ2n) is 13.0. The molecule has 0 spiro atoms. The molecule has 5 rings (SSSR count). The third kappa shape index (κ3) is 6.26. The van der Waals surface area contributed by atoms with Crippen molar-refractivity contribution in [2.45, 2.75) is 70.7 Å². The summed E-state index contributed by atoms with van der Waals surface area (Å²) in [4.78, 5) is 8.57. The van der Waals surface area contributed by atoms with Crippen LogP contribution in [0.25, 0.3) is 11.0 Å². The van der Waals surface area contributed by atoms with E-state index in [1.54, 1.807) is 0 Å². The molecule has 0 saturated heterocycles. The van der Waals surface area contributed by atoms with Crippen molar-refractivity contribution in [3.63, 3.8) is 0 Å². The fourth-order valence-electron chi connectivity index (χ4n) is 4.78. The first-order valence-corrected chi connectivity index (χ1v) is 17.5. The second kappa shape index (κ2) is 10.8. The largest absolute Gasteiger partial charge is 0.464 e. The minimum Gasteiger partial charge on any atom is -0.464 e. The summed E-state index contributed by atoms with van der Waals surface area (Å²) < 4.78 is 91.8. The van der Waals surface area contributed by atoms with Crippen molar-refractivity contribution >= 4 is 30.8 Å². The van der Waals surface area contributed by atoms with E-state index in [-0.39, 0.29) is 59.0 Å². The van der Waals surface area contributed by atoms with Gasteiger partial charge in [0.05, 0.1) is 24.0 Å². The van der Waals surface area contributed by atoms with Gasteiger partial charge in [-0.3, -0.25) is 0 Å². The predicted octanol–water partition coefficient (Wildman–Crippen LogP) is 7.84. The average molecular weight is 611 g/mol. The van der Waals surface area contributed by atoms with Crippen molar-refractivity contribution in [2.24, 2.45) is 10.4 Å². The zero-order valence-electron chi connectivity index (χ0n) is 24.3. The van der Waals surface area contributed by atoms with Crippen molar-refractivity contribution in [3.8, 4) is 11.5 Å². The molecule has 1 fully saturated rings. The van der Waals surface area contributed by atoms with Gasteiger partial charge in [-0.15, -0.1) is 0 Å². The van der Waals surface area contributed by atoms with Gasteiger partial charge in [0.25, 0.3) is 6.02 Å². The first kappa shape index (κ1) is 30.3. The Morgan fingerprint density at radius 3 is 2.38 bits per heavy atom. The summed E-state index contributed by atoms with van der Waals surface area (Å²) in [6.07, 6.45) is -2.02. The number of hydrogen-bond acceptors (Lipinski definition) is 6. The Kier molecular flexibility index (Phi) is 7.80. The molecule has 13 heteroatoms. The van der Waals surface area contributed by atoms with Crippen LogP contribution in [0.15, 0.2) is 35.6 Å². The molecular weight excluding hydrogens is 575 g/mol. The van der Waals surface area contributed by atoms with E-state index in [9.17, 15) is 13.2 Å². The van der Waals surface area contributed by atoms with Crippen molar-refractivity contribution in [3.05, 3.63) is 47.8 Å². The Hall–Kier alpha value is -3.19. The monoisotopic (exact) mass is 610 g/mol. The average Bonchev–Trinajstić information content (AvgIpc) is 3.62. The normalized spacial score (nSPS) is 18.0. The highest BCUT2D eigenvalue weighted by Gasteiger charge is 2.65. The molecule has 1 saturated carbocycles. The number of benzene rings is 1. The number of nitrogens with one attached hydrogen (secondary N) is 1. The molecule has 0 unspecified atom stereocenters. The molecular formula is C29H35F5N4O3Si. The summed E-state index contributed by atoms with van der Waals surface area (Å²) in [6, 6.07) is 4.36. The molecule has 228 valence electrons. The highest BCUT2D eigenvalue weighted by atomic mass is 28.3. The molecule has 7 nitrogen and oxygen atoms in total. The van der Waals surface area contributed by atoms with Crippen LogP contribution in [0.2, 0.25) is 25.7 Å². The molecule has 0 bridgehead atoms. The Labute approximate surface area is 242 Å². The van der Waals surface area contributed by atoms with Gasteiger partial charge in [-0.25, -0.2) is 18.8 Å². The van der Waals surface area contributed by atoms with E-state index in [1.807, 2.05) is 13.8 Å². The molecule has 0 atom stereocenters. The number of fused-ring (bicyclic) bond motifs is 1. The zero-order chi connectivity index (χ0) is 30.5. The van der Waals surface area contributed by atoms with E-state index in [2.05, 4.69) is 34.9 Å². The number of amidine groups is 1. The molecule has 3 aromatic rings. The lowest BCUT2D eigenvalue weighted by atomic mass is 9.95. The number of pyridine rings is 1. The van der Waals surface area contributed by atoms with Gasteiger partial charge in [0, 0.05) is 50.3 Å². The van der Waals surface area contributed by atoms with Gasteiger partial charge in [0.1, 0.15) is 18.1 Å². The Bertz CT molecular complexity index is 1490. The van der Waals surface area contributed by atoms with Crippen LogP contribution in [0.1, 0.15) is 32.3 Å². The number of aromatic nitrogens is 2. The lowest BCUT2D eigenvalue weighted by molar-refractivity contribution is -0.160. The molecule has 2 aliphatic rings. The van der Waals surface area contributed by atoms with Crippen LogP contribution >= 0.6 is 0 Å². The number of hydrogen-bond donors (Lipinski definition) is 1. The SMILES string of the molecule is CC1(C)CN=C(Nc2cc(F)c(Oc3ccnc4c3c(C3(C(F)(F)F)CC3)cn4COCC[Si](C)(C)C)c(F)c2)OC1. The van der Waals surface area contributed by atoms with E-state index in [4.69, 9.17) is 14.2 Å². The molecule has 0 radical (unpaired) electrons. The van der Waals surface area contributed by atoms with E-state index in [1.165, 1.54) is 23.0 Å². The molecule has 2 aromatic heterocycles. The molecule has 1 aliphatic carbocycles. The van der Waals surface area contributed by atoms with Gasteiger partial charge in [-0.05, 0) is 30.5 Å². The Balaban J connectivity index is 1.47. The smallest absolute Gasteiger partial charge is 0.398 e. The maximum absolute atomic E-state index is 15.2. The van der Waals surface area contributed by atoms with E-state index >= 15 is 8.78 Å². The highest BCUT2D eigenvalue weighted by Crippen LogP contribution is 2.61. The van der Waals surface area contributed by atoms with Crippen LogP contribution in [0.3, 0.4) is 0 Å². The van der Waals surface area contributed by atoms with Crippen LogP contribution in [0, 0.1) is 17.0 Å². The van der Waals surface area contributed by atoms with Gasteiger partial charge >= 0.3 is 6.18 Å². The van der Waals surface area contributed by atoms with Gasteiger partial charge in [-0.1, -0.05) is 33.5 Å². The Morgan fingerprint density at radius 2 is 1.81 bits per heavy atom. The van der Waals surface area contributed by atoms with E-state index in [0.717, 1.165) is 18.2 Å². The Morgan fingerprint density at radius 1 is 1.12 bits per heavy atom. The molecule has 1 aliphatic heterocycles. The van der Waals surface area contributed by atoms with Crippen LogP contribution in [-0.2, 0) is 21.6 Å². The minimum atomic E-state index is -4.53. The standard InChI is InChI=1S/C29H35F5N4O3Si/c1-27(2)15-36-26(40-16-27)37-18-12-20(30)24(21(31)13-18)41-22-6-9-35-25-23(22)19(28(7-8-28)29(32,33)34)14-38(25)17-39-10-11-42(3,4)5/h6,9,12-14H,7-8,10-11,15-17H2,1-5H3,(H,36,37). The first-order chi connectivity index (χ1) is 19.6. The van der Waals surface area contributed by atoms with E-state index in [0.29, 0.717) is 19.8 Å². The van der Waals surface area contributed by atoms with Gasteiger partial charge in [-0.2, -0.15) is 13.2 Å². The molecule has 42 heavy (non-hydrogen) atoms. The quantitative estimate of drug-likeness (QED) is 0.152. The first-order valence-electron chi connectivity index (χ1n) is 13.8. The third-order valence-electron chi connectivity index (χ3n) is 7.47. The van der Waals surface area contributed by atoms with Gasteiger partial charge < -0.3 is 24.1 Å². The number of ether oxygens (including phenoxy) is 3. The van der Waals surface area contributed by atoms with Crippen molar-refractivity contribution in [1.29, 1.82) is 0 Å². The lowest BCUT2D eigenvalue weighted by Gasteiger charge is -2.28. The zero-order valence-corrected chi connectivity index (χ0v) is 25.3. The molecule has 3 heterocycles. The third-order valence-corrected chi connectivity index (χ3v) is 9.17. The second-order valence-corrected chi connectivity index (χ2v) is 18.6. The van der Waals surface area contributed by atoms with E-state index < -0.39 is 37.0 Å². The number of aliphatic imine (C=N–C) groups is 1. The summed E-state index contributed by atoms with van der Waals surface area (Å²) >= 11 is 0. The fourth-order valence-corrected chi connectivity index (χ4v) is 5.54. The number of halogens is 5. The maximum Gasteiger partial charge on any atom is 0.398 e. The summed E-state index contributed by atoms with van der Waals surface area (Å²) in [5, 5.41) is 2.80. The van der Waals surface area contributed by atoms with Crippen LogP contribution in [0.5, 0.6) is 11.5 Å². The lowest BCUT2D eigenvalue weighted by Crippen LogP contribution is -2.33. The number of rotatable bonds is 9. The molecule has 0 amide bonds. The maximum atomic E-state index is 15.2. The predicted molar refractivity (Wildman–Crippen MR) is 153 cm³/mol. The van der Waals surface area contributed by atoms with Gasteiger partial charge in [0.2, 0.25) is 0 Å².